The number of amides is 1. The van der Waals surface area contributed by atoms with Gasteiger partial charge in [-0.3, -0.25) is 9.89 Å². The molecule has 1 aromatic carbocycles. The highest BCUT2D eigenvalue weighted by Crippen LogP contribution is 2.19. The molecule has 0 saturated carbocycles. The van der Waals surface area contributed by atoms with Gasteiger partial charge < -0.3 is 14.8 Å². The third-order valence-corrected chi connectivity index (χ3v) is 4.88. The van der Waals surface area contributed by atoms with Crippen LogP contribution < -0.4 is 10.2 Å². The monoisotopic (exact) mass is 349 g/mol. The second kappa shape index (κ2) is 7.07. The van der Waals surface area contributed by atoms with Gasteiger partial charge in [0.2, 0.25) is 0 Å². The summed E-state index contributed by atoms with van der Waals surface area (Å²) in [6.45, 7) is 3.81. The number of carbonyl (C=O) groups excluding carboxylic acids is 1. The van der Waals surface area contributed by atoms with E-state index in [9.17, 15) is 4.79 Å². The average Bonchev–Trinajstić information content (AvgIpc) is 3.34. The Morgan fingerprint density at radius 2 is 1.85 bits per heavy atom. The van der Waals surface area contributed by atoms with E-state index in [4.69, 9.17) is 0 Å². The highest BCUT2D eigenvalue weighted by Gasteiger charge is 2.22. The smallest absolute Gasteiger partial charge is 0.251 e. The van der Waals surface area contributed by atoms with E-state index in [1.54, 1.807) is 0 Å². The fourth-order valence-electron chi connectivity index (χ4n) is 3.38. The van der Waals surface area contributed by atoms with Crippen LogP contribution >= 0.6 is 0 Å². The number of piperidine rings is 1. The lowest BCUT2D eigenvalue weighted by Gasteiger charge is -2.32. The van der Waals surface area contributed by atoms with E-state index in [0.717, 1.165) is 43.1 Å². The van der Waals surface area contributed by atoms with Gasteiger partial charge in [-0.15, -0.1) is 0 Å². The molecule has 1 aliphatic heterocycles. The second-order valence-corrected chi connectivity index (χ2v) is 6.78. The van der Waals surface area contributed by atoms with Crippen LogP contribution in [0.25, 0.3) is 5.69 Å². The lowest BCUT2D eigenvalue weighted by atomic mass is 10.0. The Morgan fingerprint density at radius 1 is 1.15 bits per heavy atom. The van der Waals surface area contributed by atoms with Gasteiger partial charge in [0.1, 0.15) is 0 Å². The van der Waals surface area contributed by atoms with E-state index in [-0.39, 0.29) is 11.9 Å². The second-order valence-electron chi connectivity index (χ2n) is 6.78. The van der Waals surface area contributed by atoms with Crippen molar-refractivity contribution in [1.82, 2.24) is 20.1 Å². The first kappa shape index (κ1) is 16.4. The lowest BCUT2D eigenvalue weighted by Crippen LogP contribution is -2.44. The van der Waals surface area contributed by atoms with Gasteiger partial charge in [0.25, 0.3) is 5.91 Å². The molecule has 0 radical (unpaired) electrons. The van der Waals surface area contributed by atoms with Crippen LogP contribution in [-0.2, 0) is 0 Å². The topological polar surface area (TPSA) is 66.0 Å². The molecule has 3 aromatic rings. The Hall–Kier alpha value is -3.02. The van der Waals surface area contributed by atoms with E-state index in [0.29, 0.717) is 5.56 Å². The standard InChI is InChI=1S/C20H23N5O/c1-15-14-19(23-22-15)25-12-8-17(9-13-25)21-20(26)16-4-6-18(7-5-16)24-10-2-3-11-24/h2-7,10-11,14,17H,8-9,12-13H2,1H3,(H,21,26)(H,22,23). The number of benzene rings is 1. The molecule has 1 amide bonds. The van der Waals surface area contributed by atoms with Gasteiger partial charge in [-0.2, -0.15) is 5.10 Å². The first-order chi connectivity index (χ1) is 12.7. The van der Waals surface area contributed by atoms with Gasteiger partial charge in [-0.1, -0.05) is 0 Å². The van der Waals surface area contributed by atoms with Crippen molar-refractivity contribution in [1.29, 1.82) is 0 Å². The van der Waals surface area contributed by atoms with Crippen LogP contribution in [0.1, 0.15) is 28.9 Å². The molecular formula is C20H23N5O. The molecule has 26 heavy (non-hydrogen) atoms. The van der Waals surface area contributed by atoms with Crippen LogP contribution in [-0.4, -0.2) is 39.8 Å². The van der Waals surface area contributed by atoms with Crippen molar-refractivity contribution in [3.05, 3.63) is 66.1 Å². The van der Waals surface area contributed by atoms with E-state index < -0.39 is 0 Å². The number of H-pyrrole nitrogens is 1. The van der Waals surface area contributed by atoms with E-state index in [2.05, 4.69) is 26.5 Å². The highest BCUT2D eigenvalue weighted by atomic mass is 16.1. The number of hydrogen-bond acceptors (Lipinski definition) is 3. The SMILES string of the molecule is Cc1cc(N2CCC(NC(=O)c3ccc(-n4cccc4)cc3)CC2)n[nH]1. The maximum absolute atomic E-state index is 12.5. The van der Waals surface area contributed by atoms with Crippen molar-refractivity contribution in [3.8, 4) is 5.69 Å². The van der Waals surface area contributed by atoms with Crippen LogP contribution in [0.15, 0.2) is 54.9 Å². The van der Waals surface area contributed by atoms with Gasteiger partial charge in [0.15, 0.2) is 5.82 Å². The first-order valence-corrected chi connectivity index (χ1v) is 9.00. The van der Waals surface area contributed by atoms with Crippen molar-refractivity contribution in [2.75, 3.05) is 18.0 Å². The number of rotatable bonds is 4. The molecule has 0 spiro atoms. The summed E-state index contributed by atoms with van der Waals surface area (Å²) in [6.07, 6.45) is 5.84. The molecule has 6 heteroatoms. The van der Waals surface area contributed by atoms with Crippen LogP contribution in [0.2, 0.25) is 0 Å². The number of nitrogens with zero attached hydrogens (tertiary/aromatic N) is 3. The maximum Gasteiger partial charge on any atom is 0.251 e. The van der Waals surface area contributed by atoms with Crippen LogP contribution in [0.3, 0.4) is 0 Å². The summed E-state index contributed by atoms with van der Waals surface area (Å²) in [7, 11) is 0. The average molecular weight is 349 g/mol. The molecule has 1 fully saturated rings. The first-order valence-electron chi connectivity index (χ1n) is 9.00. The van der Waals surface area contributed by atoms with E-state index >= 15 is 0 Å². The molecular weight excluding hydrogens is 326 g/mol. The zero-order chi connectivity index (χ0) is 17.9. The van der Waals surface area contributed by atoms with Crippen molar-refractivity contribution in [3.63, 3.8) is 0 Å². The molecule has 6 nitrogen and oxygen atoms in total. The zero-order valence-electron chi connectivity index (χ0n) is 14.9. The quantitative estimate of drug-likeness (QED) is 0.761. The summed E-state index contributed by atoms with van der Waals surface area (Å²) in [5.74, 6) is 0.992. The molecule has 2 aromatic heterocycles. The van der Waals surface area contributed by atoms with Crippen LogP contribution in [0.5, 0.6) is 0 Å². The highest BCUT2D eigenvalue weighted by molar-refractivity contribution is 5.94. The Balaban J connectivity index is 1.32. The molecule has 2 N–H and O–H groups in total. The number of anilines is 1. The summed E-state index contributed by atoms with van der Waals surface area (Å²) >= 11 is 0. The van der Waals surface area contributed by atoms with Gasteiger partial charge in [0.05, 0.1) is 0 Å². The van der Waals surface area contributed by atoms with Gasteiger partial charge in [-0.25, -0.2) is 0 Å². The van der Waals surface area contributed by atoms with E-state index in [1.165, 1.54) is 0 Å². The molecule has 134 valence electrons. The molecule has 0 aliphatic carbocycles. The third kappa shape index (κ3) is 3.49. The molecule has 3 heterocycles. The normalized spacial score (nSPS) is 15.2. The number of hydrogen-bond donors (Lipinski definition) is 2. The number of nitrogens with one attached hydrogen (secondary N) is 2. The predicted molar refractivity (Wildman–Crippen MR) is 102 cm³/mol. The van der Waals surface area contributed by atoms with Gasteiger partial charge in [0, 0.05) is 54.5 Å². The minimum atomic E-state index is -0.00174. The van der Waals surface area contributed by atoms with Gasteiger partial charge in [-0.05, 0) is 56.2 Å². The minimum Gasteiger partial charge on any atom is -0.355 e. The molecule has 0 atom stereocenters. The largest absolute Gasteiger partial charge is 0.355 e. The summed E-state index contributed by atoms with van der Waals surface area (Å²) in [5.41, 5.74) is 2.82. The van der Waals surface area contributed by atoms with Crippen molar-refractivity contribution in [2.45, 2.75) is 25.8 Å². The number of carbonyl (C=O) groups is 1. The Kier molecular flexibility index (Phi) is 4.48. The summed E-state index contributed by atoms with van der Waals surface area (Å²) in [5, 5.41) is 10.5. The predicted octanol–water partition coefficient (Wildman–Crippen LogP) is 2.91. The van der Waals surface area contributed by atoms with Crippen molar-refractivity contribution in [2.24, 2.45) is 0 Å². The third-order valence-electron chi connectivity index (χ3n) is 4.88. The number of aromatic nitrogens is 3. The Bertz CT molecular complexity index is 858. The summed E-state index contributed by atoms with van der Waals surface area (Å²) in [4.78, 5) is 14.8. The van der Waals surface area contributed by atoms with Crippen LogP contribution in [0, 0.1) is 6.92 Å². The van der Waals surface area contributed by atoms with Crippen LogP contribution in [0.4, 0.5) is 5.82 Å². The summed E-state index contributed by atoms with van der Waals surface area (Å²) in [6, 6.07) is 13.9. The molecule has 0 bridgehead atoms. The molecule has 1 aliphatic rings. The van der Waals surface area contributed by atoms with Crippen molar-refractivity contribution >= 4 is 11.7 Å². The zero-order valence-corrected chi connectivity index (χ0v) is 14.9. The fourth-order valence-corrected chi connectivity index (χ4v) is 3.38. The molecule has 1 saturated heterocycles. The summed E-state index contributed by atoms with van der Waals surface area (Å²) < 4.78 is 2.02. The van der Waals surface area contributed by atoms with Crippen molar-refractivity contribution < 1.29 is 4.79 Å². The fraction of sp³-hybridized carbons (Fsp3) is 0.300. The number of aryl methyl sites for hydroxylation is 1. The van der Waals surface area contributed by atoms with E-state index in [1.807, 2.05) is 60.3 Å². The maximum atomic E-state index is 12.5. The lowest BCUT2D eigenvalue weighted by molar-refractivity contribution is 0.0931. The number of aromatic amines is 1. The van der Waals surface area contributed by atoms with Gasteiger partial charge >= 0.3 is 0 Å². The molecule has 0 unspecified atom stereocenters. The Morgan fingerprint density at radius 3 is 2.46 bits per heavy atom. The minimum absolute atomic E-state index is 0.00174. The molecule has 4 rings (SSSR count). The Labute approximate surface area is 152 Å².